The van der Waals surface area contributed by atoms with E-state index in [1.54, 1.807) is 0 Å². The molecule has 0 aromatic rings. The smallest absolute Gasteiger partial charge is 0.306 e. The van der Waals surface area contributed by atoms with E-state index in [1.807, 2.05) is 0 Å². The highest BCUT2D eigenvalue weighted by molar-refractivity contribution is 5.71. The Labute approximate surface area is 511 Å². The van der Waals surface area contributed by atoms with E-state index in [0.717, 1.165) is 70.6 Å². The van der Waals surface area contributed by atoms with Gasteiger partial charge in [0.25, 0.3) is 0 Å². The maximum atomic E-state index is 12.9. The van der Waals surface area contributed by atoms with Gasteiger partial charge in [0.05, 0.1) is 0 Å². The first-order valence-electron chi connectivity index (χ1n) is 36.6. The zero-order chi connectivity index (χ0) is 59.2. The fourth-order valence-corrected chi connectivity index (χ4v) is 11.0. The number of hydrogen-bond donors (Lipinski definition) is 0. The second-order valence-electron chi connectivity index (χ2n) is 24.8. The molecule has 0 bridgehead atoms. The minimum atomic E-state index is -0.777. The summed E-state index contributed by atoms with van der Waals surface area (Å²) in [4.78, 5) is 38.4. The Hall–Kier alpha value is -2.63. The van der Waals surface area contributed by atoms with Crippen LogP contribution in [-0.4, -0.2) is 37.2 Å². The topological polar surface area (TPSA) is 78.9 Å². The van der Waals surface area contributed by atoms with Crippen molar-refractivity contribution in [1.29, 1.82) is 0 Å². The summed E-state index contributed by atoms with van der Waals surface area (Å²) >= 11 is 0. The zero-order valence-corrected chi connectivity index (χ0v) is 55.3. The Bertz CT molecular complexity index is 1410. The van der Waals surface area contributed by atoms with E-state index >= 15 is 0 Å². The molecule has 0 radical (unpaired) electrons. The SMILES string of the molecule is CCCCCCC/C=C\C/C=C\CCCCCCCCCCCCCCCCCCCCCC(=O)OCC(COC(=O)CCCCCCC/C=C\CCCCCCC)OC(=O)CCCCCCCCCCC/C=C\CCCCCCCC. The lowest BCUT2D eigenvalue weighted by Crippen LogP contribution is -2.30. The molecule has 0 saturated heterocycles. The molecule has 0 heterocycles. The minimum Gasteiger partial charge on any atom is -0.462 e. The maximum absolute atomic E-state index is 12.9. The minimum absolute atomic E-state index is 0.0720. The molecule has 0 rings (SSSR count). The summed E-state index contributed by atoms with van der Waals surface area (Å²) in [6.07, 6.45) is 90.1. The van der Waals surface area contributed by atoms with Crippen LogP contribution in [0.5, 0.6) is 0 Å². The molecule has 0 aromatic heterocycles. The predicted octanol–water partition coefficient (Wildman–Crippen LogP) is 25.3. The number of allylic oxidation sites excluding steroid dienone is 8. The average molecular weight is 1150 g/mol. The van der Waals surface area contributed by atoms with Crippen molar-refractivity contribution < 1.29 is 28.6 Å². The van der Waals surface area contributed by atoms with Gasteiger partial charge in [0.15, 0.2) is 6.10 Å². The van der Waals surface area contributed by atoms with Gasteiger partial charge in [0, 0.05) is 19.3 Å². The van der Waals surface area contributed by atoms with Gasteiger partial charge in [0.1, 0.15) is 13.2 Å². The molecule has 0 aliphatic carbocycles. The quantitative estimate of drug-likeness (QED) is 0.0261. The summed E-state index contributed by atoms with van der Waals surface area (Å²) in [5, 5.41) is 0. The fourth-order valence-electron chi connectivity index (χ4n) is 11.0. The summed E-state index contributed by atoms with van der Waals surface area (Å²) in [6, 6.07) is 0. The molecule has 0 aromatic carbocycles. The van der Waals surface area contributed by atoms with Crippen molar-refractivity contribution in [2.45, 2.75) is 406 Å². The van der Waals surface area contributed by atoms with Crippen molar-refractivity contribution in [2.24, 2.45) is 0 Å². The third-order valence-corrected chi connectivity index (χ3v) is 16.5. The van der Waals surface area contributed by atoms with Crippen LogP contribution in [0.25, 0.3) is 0 Å². The first-order chi connectivity index (χ1) is 40.5. The molecule has 1 unspecified atom stereocenters. The van der Waals surface area contributed by atoms with Gasteiger partial charge in [-0.2, -0.15) is 0 Å². The first kappa shape index (κ1) is 79.4. The van der Waals surface area contributed by atoms with Crippen molar-refractivity contribution in [2.75, 3.05) is 13.2 Å². The number of esters is 3. The Morgan fingerprint density at radius 1 is 0.244 bits per heavy atom. The molecule has 0 amide bonds. The number of carbonyl (C=O) groups is 3. The predicted molar refractivity (Wildman–Crippen MR) is 358 cm³/mol. The number of ether oxygens (including phenoxy) is 3. The van der Waals surface area contributed by atoms with Gasteiger partial charge in [-0.25, -0.2) is 0 Å². The van der Waals surface area contributed by atoms with E-state index < -0.39 is 6.10 Å². The normalized spacial score (nSPS) is 12.3. The van der Waals surface area contributed by atoms with E-state index in [-0.39, 0.29) is 31.1 Å². The largest absolute Gasteiger partial charge is 0.462 e. The number of hydrogen-bond acceptors (Lipinski definition) is 6. The third-order valence-electron chi connectivity index (χ3n) is 16.5. The van der Waals surface area contributed by atoms with Crippen molar-refractivity contribution >= 4 is 17.9 Å². The summed E-state index contributed by atoms with van der Waals surface area (Å²) in [7, 11) is 0. The summed E-state index contributed by atoms with van der Waals surface area (Å²) in [6.45, 7) is 6.67. The lowest BCUT2D eigenvalue weighted by Gasteiger charge is -2.18. The number of carbonyl (C=O) groups excluding carboxylic acids is 3. The molecule has 0 aliphatic heterocycles. The molecule has 0 aliphatic rings. The van der Waals surface area contributed by atoms with Gasteiger partial charge in [-0.3, -0.25) is 14.4 Å². The van der Waals surface area contributed by atoms with E-state index in [2.05, 4.69) is 69.4 Å². The van der Waals surface area contributed by atoms with Crippen LogP contribution in [-0.2, 0) is 28.6 Å². The Kier molecular flexibility index (Phi) is 68.6. The van der Waals surface area contributed by atoms with Crippen LogP contribution in [0.3, 0.4) is 0 Å². The van der Waals surface area contributed by atoms with E-state index in [4.69, 9.17) is 14.2 Å². The van der Waals surface area contributed by atoms with Crippen LogP contribution < -0.4 is 0 Å². The Morgan fingerprint density at radius 3 is 0.683 bits per heavy atom. The summed E-state index contributed by atoms with van der Waals surface area (Å²) in [5.74, 6) is -0.856. The molecular weight excluding hydrogens is 1010 g/mol. The fraction of sp³-hybridized carbons (Fsp3) is 0.855. The number of rotatable bonds is 68. The maximum Gasteiger partial charge on any atom is 0.306 e. The molecule has 1 atom stereocenters. The summed E-state index contributed by atoms with van der Waals surface area (Å²) < 4.78 is 17.0. The Morgan fingerprint density at radius 2 is 0.439 bits per heavy atom. The van der Waals surface area contributed by atoms with Crippen molar-refractivity contribution in [3.8, 4) is 0 Å². The van der Waals surface area contributed by atoms with Gasteiger partial charge in [-0.05, 0) is 103 Å². The van der Waals surface area contributed by atoms with Gasteiger partial charge in [-0.15, -0.1) is 0 Å². The van der Waals surface area contributed by atoms with Crippen LogP contribution in [0.2, 0.25) is 0 Å². The Balaban J connectivity index is 4.18. The zero-order valence-electron chi connectivity index (χ0n) is 55.3. The molecule has 0 spiro atoms. The number of unbranched alkanes of at least 4 members (excludes halogenated alkanes) is 49. The highest BCUT2D eigenvalue weighted by Gasteiger charge is 2.19. The molecule has 0 fully saturated rings. The van der Waals surface area contributed by atoms with Crippen LogP contribution in [0.1, 0.15) is 400 Å². The van der Waals surface area contributed by atoms with Gasteiger partial charge in [-0.1, -0.05) is 326 Å². The lowest BCUT2D eigenvalue weighted by molar-refractivity contribution is -0.167. The van der Waals surface area contributed by atoms with Crippen LogP contribution in [0.15, 0.2) is 48.6 Å². The molecular formula is C76H140O6. The highest BCUT2D eigenvalue weighted by atomic mass is 16.6. The molecule has 6 nitrogen and oxygen atoms in total. The second kappa shape index (κ2) is 70.9. The van der Waals surface area contributed by atoms with Crippen molar-refractivity contribution in [3.63, 3.8) is 0 Å². The van der Waals surface area contributed by atoms with Crippen LogP contribution >= 0.6 is 0 Å². The third kappa shape index (κ3) is 68.2. The van der Waals surface area contributed by atoms with Crippen LogP contribution in [0.4, 0.5) is 0 Å². The van der Waals surface area contributed by atoms with Crippen molar-refractivity contribution in [3.05, 3.63) is 48.6 Å². The van der Waals surface area contributed by atoms with Crippen LogP contribution in [0, 0.1) is 0 Å². The first-order valence-corrected chi connectivity index (χ1v) is 36.6. The molecule has 6 heteroatoms. The van der Waals surface area contributed by atoms with Gasteiger partial charge in [0.2, 0.25) is 0 Å². The average Bonchev–Trinajstić information content (AvgIpc) is 3.47. The second-order valence-corrected chi connectivity index (χ2v) is 24.8. The van der Waals surface area contributed by atoms with Gasteiger partial charge >= 0.3 is 17.9 Å². The molecule has 82 heavy (non-hydrogen) atoms. The van der Waals surface area contributed by atoms with E-state index in [1.165, 1.54) is 289 Å². The molecule has 0 saturated carbocycles. The van der Waals surface area contributed by atoms with E-state index in [0.29, 0.717) is 19.3 Å². The standard InChI is InChI=1S/C76H140O6/c1-4-7-10-13-16-19-22-25-28-30-32-33-34-35-36-37-38-39-40-41-42-43-45-46-48-51-54-57-60-63-66-69-75(78)81-72-73(71-80-74(77)68-65-62-59-56-53-50-27-24-21-18-15-12-9-6-3)82-76(79)70-67-64-61-58-55-52-49-47-44-31-29-26-23-20-17-14-11-8-5-2/h22,24-27,29-30,32,73H,4-21,23,28,31,33-72H2,1-3H3/b25-22-,27-24-,29-26-,32-30-. The molecule has 0 N–H and O–H groups in total. The van der Waals surface area contributed by atoms with E-state index in [9.17, 15) is 14.4 Å². The lowest BCUT2D eigenvalue weighted by atomic mass is 10.0. The van der Waals surface area contributed by atoms with Crippen molar-refractivity contribution in [1.82, 2.24) is 0 Å². The monoisotopic (exact) mass is 1150 g/mol. The molecule has 480 valence electrons. The highest BCUT2D eigenvalue weighted by Crippen LogP contribution is 2.18. The van der Waals surface area contributed by atoms with Gasteiger partial charge < -0.3 is 14.2 Å². The summed E-state index contributed by atoms with van der Waals surface area (Å²) in [5.41, 5.74) is 0.